The predicted octanol–water partition coefficient (Wildman–Crippen LogP) is 4.04. The number of hydrogen-bond acceptors (Lipinski definition) is 5. The smallest absolute Gasteiger partial charge is 0.277 e. The minimum atomic E-state index is -0.383. The van der Waals surface area contributed by atoms with E-state index in [0.717, 1.165) is 10.1 Å². The van der Waals surface area contributed by atoms with Crippen molar-refractivity contribution in [2.75, 3.05) is 5.43 Å². The molecule has 1 amide bonds. The van der Waals surface area contributed by atoms with E-state index in [9.17, 15) is 9.59 Å². The van der Waals surface area contributed by atoms with Crippen LogP contribution in [0.1, 0.15) is 16.6 Å². The van der Waals surface area contributed by atoms with Crippen LogP contribution in [-0.4, -0.2) is 15.5 Å². The number of amides is 1. The molecule has 0 saturated carbocycles. The Morgan fingerprint density at radius 3 is 2.59 bits per heavy atom. The third-order valence-corrected chi connectivity index (χ3v) is 5.88. The fraction of sp³-hybridized carbons (Fsp3) is 0.105. The molecule has 0 aliphatic rings. The first kappa shape index (κ1) is 17.5. The van der Waals surface area contributed by atoms with Gasteiger partial charge in [-0.15, -0.1) is 11.3 Å². The maximum absolute atomic E-state index is 12.6. The maximum atomic E-state index is 12.6. The molecule has 8 heteroatoms. The van der Waals surface area contributed by atoms with Gasteiger partial charge in [-0.05, 0) is 25.1 Å². The van der Waals surface area contributed by atoms with Gasteiger partial charge in [0, 0.05) is 16.6 Å². The average molecular weight is 399 g/mol. The summed E-state index contributed by atoms with van der Waals surface area (Å²) in [5.41, 5.74) is 5.76. The van der Waals surface area contributed by atoms with Gasteiger partial charge in [0.05, 0.1) is 15.9 Å². The molecule has 27 heavy (non-hydrogen) atoms. The number of aromatic nitrogens is 2. The Morgan fingerprint density at radius 1 is 1.15 bits per heavy atom. The molecular formula is C19H15ClN4O2S. The predicted molar refractivity (Wildman–Crippen MR) is 110 cm³/mol. The second-order valence-electron chi connectivity index (χ2n) is 5.82. The van der Waals surface area contributed by atoms with Gasteiger partial charge in [0.15, 0.2) is 0 Å². The number of thiophene rings is 1. The number of para-hydroxylation sites is 1. The van der Waals surface area contributed by atoms with Crippen LogP contribution in [0.25, 0.3) is 21.0 Å². The summed E-state index contributed by atoms with van der Waals surface area (Å²) >= 11 is 7.66. The van der Waals surface area contributed by atoms with Crippen molar-refractivity contribution >= 4 is 55.8 Å². The van der Waals surface area contributed by atoms with Crippen molar-refractivity contribution in [2.45, 2.75) is 13.5 Å². The lowest BCUT2D eigenvalue weighted by molar-refractivity contribution is 0.0966. The Morgan fingerprint density at radius 2 is 1.85 bits per heavy atom. The number of hydrogen-bond donors (Lipinski definition) is 2. The zero-order valence-corrected chi connectivity index (χ0v) is 15.9. The lowest BCUT2D eigenvalue weighted by Crippen LogP contribution is -2.34. The lowest BCUT2D eigenvalue weighted by Gasteiger charge is -2.13. The second kappa shape index (κ2) is 7.02. The first-order valence-electron chi connectivity index (χ1n) is 8.33. The molecule has 4 aromatic rings. The summed E-state index contributed by atoms with van der Waals surface area (Å²) in [4.78, 5) is 30.1. The van der Waals surface area contributed by atoms with E-state index in [-0.39, 0.29) is 17.4 Å². The third kappa shape index (κ3) is 3.05. The molecule has 0 bridgehead atoms. The van der Waals surface area contributed by atoms with Crippen molar-refractivity contribution in [3.05, 3.63) is 68.8 Å². The number of hydrazine groups is 1. The highest BCUT2D eigenvalue weighted by atomic mass is 35.5. The molecule has 0 aliphatic carbocycles. The molecule has 2 aromatic carbocycles. The standard InChI is InChI=1S/C19H15ClN4O2S/c1-2-24-18(26)11-7-3-5-9-13(11)21-19(24)23-22-17(25)16-15(20)12-8-4-6-10-14(12)27-16/h3-10H,2H2,1H3,(H,21,23)(H,22,25). The molecule has 0 spiro atoms. The summed E-state index contributed by atoms with van der Waals surface area (Å²) in [5.74, 6) is -0.113. The molecule has 136 valence electrons. The van der Waals surface area contributed by atoms with E-state index >= 15 is 0 Å². The number of nitrogens with one attached hydrogen (secondary N) is 2. The zero-order chi connectivity index (χ0) is 19.0. The number of carbonyl (C=O) groups is 1. The molecular weight excluding hydrogens is 384 g/mol. The molecule has 6 nitrogen and oxygen atoms in total. The van der Waals surface area contributed by atoms with Crippen molar-refractivity contribution in [3.8, 4) is 0 Å². The SMILES string of the molecule is CCn1c(NNC(=O)c2sc3ccccc3c2Cl)nc2ccccc2c1=O. The van der Waals surface area contributed by atoms with Crippen molar-refractivity contribution in [2.24, 2.45) is 0 Å². The van der Waals surface area contributed by atoms with E-state index in [1.807, 2.05) is 37.3 Å². The first-order chi connectivity index (χ1) is 13.1. The Balaban J connectivity index is 1.65. The highest BCUT2D eigenvalue weighted by Crippen LogP contribution is 2.34. The summed E-state index contributed by atoms with van der Waals surface area (Å²) in [7, 11) is 0. The van der Waals surface area contributed by atoms with Gasteiger partial charge in [-0.3, -0.25) is 25.0 Å². The third-order valence-electron chi connectivity index (χ3n) is 4.21. The maximum Gasteiger partial charge on any atom is 0.281 e. The topological polar surface area (TPSA) is 76.0 Å². The fourth-order valence-electron chi connectivity index (χ4n) is 2.89. The van der Waals surface area contributed by atoms with Crippen LogP contribution in [0.5, 0.6) is 0 Å². The lowest BCUT2D eigenvalue weighted by atomic mass is 10.2. The number of benzene rings is 2. The Labute approximate surface area is 163 Å². The monoisotopic (exact) mass is 398 g/mol. The summed E-state index contributed by atoms with van der Waals surface area (Å²) < 4.78 is 2.40. The van der Waals surface area contributed by atoms with Gasteiger partial charge in [0.2, 0.25) is 5.95 Å². The molecule has 4 rings (SSSR count). The number of rotatable bonds is 4. The molecule has 2 N–H and O–H groups in total. The van der Waals surface area contributed by atoms with Crippen LogP contribution in [0.4, 0.5) is 5.95 Å². The number of halogens is 1. The van der Waals surface area contributed by atoms with E-state index in [1.54, 1.807) is 18.2 Å². The molecule has 0 aliphatic heterocycles. The summed E-state index contributed by atoms with van der Waals surface area (Å²) in [6.07, 6.45) is 0. The minimum absolute atomic E-state index is 0.167. The van der Waals surface area contributed by atoms with Crippen LogP contribution in [-0.2, 0) is 6.54 Å². The Bertz CT molecular complexity index is 1230. The van der Waals surface area contributed by atoms with Gasteiger partial charge in [0.25, 0.3) is 11.5 Å². The highest BCUT2D eigenvalue weighted by molar-refractivity contribution is 7.21. The van der Waals surface area contributed by atoms with Crippen LogP contribution in [0.2, 0.25) is 5.02 Å². The number of anilines is 1. The summed E-state index contributed by atoms with van der Waals surface area (Å²) in [6.45, 7) is 2.26. The van der Waals surface area contributed by atoms with Crippen LogP contribution in [0, 0.1) is 0 Å². The van der Waals surface area contributed by atoms with E-state index in [1.165, 1.54) is 15.9 Å². The van der Waals surface area contributed by atoms with Crippen molar-refractivity contribution in [3.63, 3.8) is 0 Å². The van der Waals surface area contributed by atoms with Gasteiger partial charge in [-0.25, -0.2) is 4.98 Å². The largest absolute Gasteiger partial charge is 0.281 e. The molecule has 0 atom stereocenters. The fourth-order valence-corrected chi connectivity index (χ4v) is 4.30. The minimum Gasteiger partial charge on any atom is -0.277 e. The van der Waals surface area contributed by atoms with Crippen LogP contribution in [0.15, 0.2) is 53.3 Å². The van der Waals surface area contributed by atoms with E-state index in [0.29, 0.717) is 27.3 Å². The Hall–Kier alpha value is -2.90. The van der Waals surface area contributed by atoms with Crippen LogP contribution < -0.4 is 16.4 Å². The molecule has 2 heterocycles. The highest BCUT2D eigenvalue weighted by Gasteiger charge is 2.17. The molecule has 2 aromatic heterocycles. The van der Waals surface area contributed by atoms with Crippen LogP contribution >= 0.6 is 22.9 Å². The Kier molecular flexibility index (Phi) is 4.55. The summed E-state index contributed by atoms with van der Waals surface area (Å²) in [6, 6.07) is 14.7. The normalized spacial score (nSPS) is 11.0. The molecule has 0 saturated heterocycles. The van der Waals surface area contributed by atoms with Gasteiger partial charge < -0.3 is 0 Å². The van der Waals surface area contributed by atoms with Gasteiger partial charge in [-0.2, -0.15) is 0 Å². The number of carbonyl (C=O) groups excluding carboxylic acids is 1. The first-order valence-corrected chi connectivity index (χ1v) is 9.52. The number of nitrogens with zero attached hydrogens (tertiary/aromatic N) is 2. The zero-order valence-electron chi connectivity index (χ0n) is 14.3. The van der Waals surface area contributed by atoms with Crippen molar-refractivity contribution in [1.29, 1.82) is 0 Å². The van der Waals surface area contributed by atoms with Crippen molar-refractivity contribution in [1.82, 2.24) is 15.0 Å². The van der Waals surface area contributed by atoms with Gasteiger partial charge in [-0.1, -0.05) is 41.9 Å². The summed E-state index contributed by atoms with van der Waals surface area (Å²) in [5, 5.41) is 1.78. The molecule has 0 radical (unpaired) electrons. The quantitative estimate of drug-likeness (QED) is 0.508. The van der Waals surface area contributed by atoms with Gasteiger partial charge >= 0.3 is 0 Å². The second-order valence-corrected chi connectivity index (χ2v) is 7.25. The van der Waals surface area contributed by atoms with Gasteiger partial charge in [0.1, 0.15) is 4.88 Å². The van der Waals surface area contributed by atoms with Crippen LogP contribution in [0.3, 0.4) is 0 Å². The number of fused-ring (bicyclic) bond motifs is 2. The average Bonchev–Trinajstić information content (AvgIpc) is 3.03. The van der Waals surface area contributed by atoms with E-state index in [2.05, 4.69) is 15.8 Å². The van der Waals surface area contributed by atoms with Crippen molar-refractivity contribution < 1.29 is 4.79 Å². The molecule has 0 fully saturated rings. The van der Waals surface area contributed by atoms with E-state index in [4.69, 9.17) is 11.6 Å². The molecule has 0 unspecified atom stereocenters. The van der Waals surface area contributed by atoms with E-state index < -0.39 is 0 Å².